The van der Waals surface area contributed by atoms with E-state index < -0.39 is 0 Å². The molecule has 118 valence electrons. The Morgan fingerprint density at radius 2 is 1.87 bits per heavy atom. The summed E-state index contributed by atoms with van der Waals surface area (Å²) in [5, 5.41) is 3.98. The van der Waals surface area contributed by atoms with Gasteiger partial charge in [-0.2, -0.15) is 0 Å². The van der Waals surface area contributed by atoms with E-state index in [1.54, 1.807) is 11.3 Å². The third-order valence-corrected chi connectivity index (χ3v) is 4.80. The SMILES string of the molecule is CCCCCC(=O)Nc1ccccc1-c1nc2ccccc2s1. The van der Waals surface area contributed by atoms with Gasteiger partial charge in [-0.15, -0.1) is 11.3 Å². The van der Waals surface area contributed by atoms with E-state index in [0.717, 1.165) is 45.7 Å². The Kier molecular flexibility index (Phi) is 5.03. The molecule has 23 heavy (non-hydrogen) atoms. The second kappa shape index (κ2) is 7.38. The summed E-state index contributed by atoms with van der Waals surface area (Å²) in [7, 11) is 0. The van der Waals surface area contributed by atoms with Crippen LogP contribution in [-0.4, -0.2) is 10.9 Å². The summed E-state index contributed by atoms with van der Waals surface area (Å²) in [5.74, 6) is 0.0759. The third kappa shape index (κ3) is 3.77. The molecule has 0 saturated carbocycles. The molecule has 3 aromatic rings. The molecule has 3 rings (SSSR count). The van der Waals surface area contributed by atoms with Gasteiger partial charge in [0.05, 0.1) is 15.9 Å². The van der Waals surface area contributed by atoms with Gasteiger partial charge in [0.1, 0.15) is 5.01 Å². The number of carbonyl (C=O) groups excluding carboxylic acids is 1. The molecule has 0 aliphatic heterocycles. The zero-order valence-corrected chi connectivity index (χ0v) is 14.0. The first-order valence-electron chi connectivity index (χ1n) is 8.02. The van der Waals surface area contributed by atoms with Gasteiger partial charge >= 0.3 is 0 Å². The standard InChI is InChI=1S/C19H20N2OS/c1-2-3-4-13-18(22)20-15-10-6-5-9-14(15)19-21-16-11-7-8-12-17(16)23-19/h5-12H,2-4,13H2,1H3,(H,20,22). The van der Waals surface area contributed by atoms with Crippen LogP contribution < -0.4 is 5.32 Å². The Morgan fingerprint density at radius 1 is 1.09 bits per heavy atom. The van der Waals surface area contributed by atoms with E-state index in [4.69, 9.17) is 4.98 Å². The van der Waals surface area contributed by atoms with Crippen LogP contribution in [0, 0.1) is 0 Å². The van der Waals surface area contributed by atoms with Crippen LogP contribution in [0.2, 0.25) is 0 Å². The fraction of sp³-hybridized carbons (Fsp3) is 0.263. The molecule has 0 spiro atoms. The average molecular weight is 324 g/mol. The zero-order chi connectivity index (χ0) is 16.1. The van der Waals surface area contributed by atoms with Crippen molar-refractivity contribution in [1.29, 1.82) is 0 Å². The van der Waals surface area contributed by atoms with E-state index in [1.807, 2.05) is 42.5 Å². The number of aromatic nitrogens is 1. The smallest absolute Gasteiger partial charge is 0.224 e. The minimum Gasteiger partial charge on any atom is -0.325 e. The molecule has 1 aromatic heterocycles. The Bertz CT molecular complexity index is 777. The summed E-state index contributed by atoms with van der Waals surface area (Å²) in [6, 6.07) is 16.0. The van der Waals surface area contributed by atoms with Crippen molar-refractivity contribution < 1.29 is 4.79 Å². The molecule has 0 aliphatic carbocycles. The Morgan fingerprint density at radius 3 is 2.70 bits per heavy atom. The highest BCUT2D eigenvalue weighted by molar-refractivity contribution is 7.21. The quantitative estimate of drug-likeness (QED) is 0.610. The first-order chi connectivity index (χ1) is 11.3. The number of hydrogen-bond donors (Lipinski definition) is 1. The number of benzene rings is 2. The maximum absolute atomic E-state index is 12.1. The molecule has 0 bridgehead atoms. The van der Waals surface area contributed by atoms with Crippen LogP contribution >= 0.6 is 11.3 Å². The summed E-state index contributed by atoms with van der Waals surface area (Å²) in [6.45, 7) is 2.14. The number of unbranched alkanes of at least 4 members (excludes halogenated alkanes) is 2. The van der Waals surface area contributed by atoms with E-state index in [0.29, 0.717) is 6.42 Å². The van der Waals surface area contributed by atoms with Crippen LogP contribution in [-0.2, 0) is 4.79 Å². The van der Waals surface area contributed by atoms with Gasteiger partial charge < -0.3 is 5.32 Å². The molecule has 0 unspecified atom stereocenters. The molecule has 0 radical (unpaired) electrons. The van der Waals surface area contributed by atoms with E-state index in [1.165, 1.54) is 0 Å². The predicted molar refractivity (Wildman–Crippen MR) is 97.8 cm³/mol. The third-order valence-electron chi connectivity index (χ3n) is 3.73. The molecule has 0 aliphatic rings. The number of anilines is 1. The topological polar surface area (TPSA) is 42.0 Å². The highest BCUT2D eigenvalue weighted by Gasteiger charge is 2.12. The van der Waals surface area contributed by atoms with Gasteiger partial charge in [0.15, 0.2) is 0 Å². The Balaban J connectivity index is 1.84. The summed E-state index contributed by atoms with van der Waals surface area (Å²) in [4.78, 5) is 16.8. The van der Waals surface area contributed by atoms with Crippen LogP contribution in [0.5, 0.6) is 0 Å². The summed E-state index contributed by atoms with van der Waals surface area (Å²) in [6.07, 6.45) is 3.72. The lowest BCUT2D eigenvalue weighted by molar-refractivity contribution is -0.116. The maximum Gasteiger partial charge on any atom is 0.224 e. The minimum atomic E-state index is 0.0759. The van der Waals surface area contributed by atoms with Crippen molar-refractivity contribution in [3.8, 4) is 10.6 Å². The summed E-state index contributed by atoms with van der Waals surface area (Å²) < 4.78 is 1.16. The summed E-state index contributed by atoms with van der Waals surface area (Å²) in [5.41, 5.74) is 2.82. The number of hydrogen-bond acceptors (Lipinski definition) is 3. The molecule has 0 saturated heterocycles. The fourth-order valence-electron chi connectivity index (χ4n) is 2.51. The van der Waals surface area contributed by atoms with Crippen LogP contribution in [0.3, 0.4) is 0 Å². The second-order valence-corrected chi connectivity index (χ2v) is 6.57. The highest BCUT2D eigenvalue weighted by Crippen LogP contribution is 2.34. The molecule has 1 amide bonds. The zero-order valence-electron chi connectivity index (χ0n) is 13.2. The molecular formula is C19H20N2OS. The van der Waals surface area contributed by atoms with E-state index in [9.17, 15) is 4.79 Å². The number of nitrogens with one attached hydrogen (secondary N) is 1. The van der Waals surface area contributed by atoms with Crippen LogP contribution in [0.1, 0.15) is 32.6 Å². The number of carbonyl (C=O) groups is 1. The van der Waals surface area contributed by atoms with Crippen molar-refractivity contribution in [2.45, 2.75) is 32.6 Å². The van der Waals surface area contributed by atoms with Crippen molar-refractivity contribution in [3.05, 3.63) is 48.5 Å². The van der Waals surface area contributed by atoms with Crippen molar-refractivity contribution >= 4 is 33.1 Å². The second-order valence-electron chi connectivity index (χ2n) is 5.54. The normalized spacial score (nSPS) is 10.8. The highest BCUT2D eigenvalue weighted by atomic mass is 32.1. The number of thiazole rings is 1. The lowest BCUT2D eigenvalue weighted by Gasteiger charge is -2.09. The molecule has 1 heterocycles. The fourth-order valence-corrected chi connectivity index (χ4v) is 3.52. The van der Waals surface area contributed by atoms with Gasteiger partial charge in [0.2, 0.25) is 5.91 Å². The van der Waals surface area contributed by atoms with Gasteiger partial charge in [-0.1, -0.05) is 44.0 Å². The van der Waals surface area contributed by atoms with Crippen molar-refractivity contribution in [2.24, 2.45) is 0 Å². The lowest BCUT2D eigenvalue weighted by Crippen LogP contribution is -2.11. The van der Waals surface area contributed by atoms with Gasteiger partial charge in [0, 0.05) is 12.0 Å². The Hall–Kier alpha value is -2.20. The number of para-hydroxylation sites is 2. The van der Waals surface area contributed by atoms with Crippen LogP contribution in [0.4, 0.5) is 5.69 Å². The average Bonchev–Trinajstić information content (AvgIpc) is 2.99. The van der Waals surface area contributed by atoms with Gasteiger partial charge in [-0.05, 0) is 30.7 Å². The maximum atomic E-state index is 12.1. The predicted octanol–water partition coefficient (Wildman–Crippen LogP) is 5.48. The van der Waals surface area contributed by atoms with Crippen molar-refractivity contribution in [2.75, 3.05) is 5.32 Å². The van der Waals surface area contributed by atoms with Crippen molar-refractivity contribution in [1.82, 2.24) is 4.98 Å². The number of nitrogens with zero attached hydrogens (tertiary/aromatic N) is 1. The van der Waals surface area contributed by atoms with E-state index in [2.05, 4.69) is 18.3 Å². The number of rotatable bonds is 6. The molecule has 3 nitrogen and oxygen atoms in total. The largest absolute Gasteiger partial charge is 0.325 e. The van der Waals surface area contributed by atoms with E-state index >= 15 is 0 Å². The molecular weight excluding hydrogens is 304 g/mol. The van der Waals surface area contributed by atoms with Crippen LogP contribution in [0.25, 0.3) is 20.8 Å². The van der Waals surface area contributed by atoms with E-state index in [-0.39, 0.29) is 5.91 Å². The molecule has 1 N–H and O–H groups in total. The first kappa shape index (κ1) is 15.7. The molecule has 0 fully saturated rings. The van der Waals surface area contributed by atoms with Crippen molar-refractivity contribution in [3.63, 3.8) is 0 Å². The molecule has 4 heteroatoms. The van der Waals surface area contributed by atoms with Gasteiger partial charge in [-0.3, -0.25) is 4.79 Å². The number of amides is 1. The molecule has 0 atom stereocenters. The van der Waals surface area contributed by atoms with Gasteiger partial charge in [0.25, 0.3) is 0 Å². The Labute approximate surface area is 140 Å². The molecule has 2 aromatic carbocycles. The number of fused-ring (bicyclic) bond motifs is 1. The van der Waals surface area contributed by atoms with Gasteiger partial charge in [-0.25, -0.2) is 4.98 Å². The first-order valence-corrected chi connectivity index (χ1v) is 8.84. The minimum absolute atomic E-state index is 0.0759. The monoisotopic (exact) mass is 324 g/mol. The summed E-state index contributed by atoms with van der Waals surface area (Å²) >= 11 is 1.65. The lowest BCUT2D eigenvalue weighted by atomic mass is 10.1. The van der Waals surface area contributed by atoms with Crippen LogP contribution in [0.15, 0.2) is 48.5 Å².